The van der Waals surface area contributed by atoms with Gasteiger partial charge >= 0.3 is 16.3 Å². The molecule has 0 unspecified atom stereocenters. The fraction of sp³-hybridized carbons (Fsp3) is 0.619. The first-order valence-corrected chi connectivity index (χ1v) is 11.9. The first-order chi connectivity index (χ1) is 14.4. The summed E-state index contributed by atoms with van der Waals surface area (Å²) in [6, 6.07) is 6.06. The van der Waals surface area contributed by atoms with Gasteiger partial charge in [0.25, 0.3) is 0 Å². The zero-order chi connectivity index (χ0) is 23.0. The van der Waals surface area contributed by atoms with Crippen molar-refractivity contribution in [2.45, 2.75) is 46.3 Å². The topological polar surface area (TPSA) is 90.5 Å². The molecule has 0 aliphatic carbocycles. The van der Waals surface area contributed by atoms with Crippen LogP contribution < -0.4 is 4.90 Å². The van der Waals surface area contributed by atoms with Gasteiger partial charge in [-0.05, 0) is 50.5 Å². The molecule has 1 saturated heterocycles. The molecule has 1 fully saturated rings. The second-order valence-corrected chi connectivity index (χ2v) is 10.9. The van der Waals surface area contributed by atoms with Crippen LogP contribution in [0, 0.1) is 0 Å². The minimum absolute atomic E-state index is 0.0998. The van der Waals surface area contributed by atoms with Gasteiger partial charge in [-0.3, -0.25) is 4.79 Å². The lowest BCUT2D eigenvalue weighted by Gasteiger charge is -2.36. The van der Waals surface area contributed by atoms with Gasteiger partial charge in [-0.2, -0.15) is 17.0 Å². The highest BCUT2D eigenvalue weighted by Gasteiger charge is 2.35. The average molecular weight is 453 g/mol. The third-order valence-electron chi connectivity index (χ3n) is 5.58. The van der Waals surface area contributed by atoms with E-state index in [0.717, 1.165) is 29.9 Å². The summed E-state index contributed by atoms with van der Waals surface area (Å²) < 4.78 is 33.1. The molecule has 2 heterocycles. The first-order valence-electron chi connectivity index (χ1n) is 10.5. The minimum Gasteiger partial charge on any atom is -0.443 e. The second kappa shape index (κ2) is 8.66. The van der Waals surface area contributed by atoms with Crippen molar-refractivity contribution >= 4 is 27.9 Å². The number of hydrogen-bond acceptors (Lipinski definition) is 6. The van der Waals surface area contributed by atoms with E-state index in [1.54, 1.807) is 27.7 Å². The van der Waals surface area contributed by atoms with E-state index in [1.807, 2.05) is 17.0 Å². The highest BCUT2D eigenvalue weighted by molar-refractivity contribution is 7.87. The van der Waals surface area contributed by atoms with Gasteiger partial charge < -0.3 is 14.5 Å². The minimum atomic E-state index is -3.98. The zero-order valence-electron chi connectivity index (χ0n) is 18.9. The van der Waals surface area contributed by atoms with Gasteiger partial charge in [0.1, 0.15) is 5.60 Å². The Labute approximate surface area is 184 Å². The molecular formula is C21H32N4O5S. The Balaban J connectivity index is 1.69. The number of carbonyl (C=O) groups excluding carboxylic acids is 2. The summed E-state index contributed by atoms with van der Waals surface area (Å²) in [5, 5.41) is 0. The molecule has 31 heavy (non-hydrogen) atoms. The third-order valence-corrected chi connectivity index (χ3v) is 7.39. The maximum Gasteiger partial charge on any atom is 0.424 e. The number of ether oxygens (including phenoxy) is 1. The van der Waals surface area contributed by atoms with Crippen molar-refractivity contribution in [3.05, 3.63) is 29.3 Å². The van der Waals surface area contributed by atoms with Gasteiger partial charge in [-0.15, -0.1) is 0 Å². The molecule has 0 spiro atoms. The number of carbonyl (C=O) groups is 2. The van der Waals surface area contributed by atoms with E-state index < -0.39 is 21.9 Å². The summed E-state index contributed by atoms with van der Waals surface area (Å²) >= 11 is 0. The highest BCUT2D eigenvalue weighted by atomic mass is 32.2. The van der Waals surface area contributed by atoms with Crippen LogP contribution in [0.15, 0.2) is 18.2 Å². The fourth-order valence-electron chi connectivity index (χ4n) is 3.78. The van der Waals surface area contributed by atoms with Crippen molar-refractivity contribution in [1.29, 1.82) is 0 Å². The number of amides is 2. The molecule has 0 saturated carbocycles. The van der Waals surface area contributed by atoms with Crippen LogP contribution in [0.3, 0.4) is 0 Å². The van der Waals surface area contributed by atoms with Crippen LogP contribution in [0.4, 0.5) is 10.5 Å². The van der Waals surface area contributed by atoms with Crippen LogP contribution in [0.5, 0.6) is 0 Å². The van der Waals surface area contributed by atoms with Crippen LogP contribution in [-0.4, -0.2) is 79.3 Å². The number of rotatable bonds is 3. The summed E-state index contributed by atoms with van der Waals surface area (Å²) in [6.07, 6.45) is -0.323. The third kappa shape index (κ3) is 5.30. The Kier molecular flexibility index (Phi) is 6.52. The van der Waals surface area contributed by atoms with E-state index >= 15 is 0 Å². The molecule has 2 aliphatic heterocycles. The number of nitrogens with zero attached hydrogens (tertiary/aromatic N) is 4. The summed E-state index contributed by atoms with van der Waals surface area (Å²) in [5.41, 5.74) is 2.35. The lowest BCUT2D eigenvalue weighted by atomic mass is 10.00. The Morgan fingerprint density at radius 1 is 1.03 bits per heavy atom. The zero-order valence-corrected chi connectivity index (χ0v) is 19.7. The van der Waals surface area contributed by atoms with Crippen molar-refractivity contribution in [1.82, 2.24) is 13.5 Å². The predicted molar refractivity (Wildman–Crippen MR) is 118 cm³/mol. The molecule has 1 aromatic carbocycles. The van der Waals surface area contributed by atoms with Crippen LogP contribution in [-0.2, 0) is 32.7 Å². The van der Waals surface area contributed by atoms with Gasteiger partial charge in [0.2, 0.25) is 5.91 Å². The van der Waals surface area contributed by atoms with E-state index in [0.29, 0.717) is 30.4 Å². The number of benzene rings is 1. The van der Waals surface area contributed by atoms with Crippen LogP contribution in [0.1, 0.15) is 38.8 Å². The van der Waals surface area contributed by atoms with E-state index in [4.69, 9.17) is 4.74 Å². The largest absolute Gasteiger partial charge is 0.443 e. The molecular weight excluding hydrogens is 420 g/mol. The summed E-state index contributed by atoms with van der Waals surface area (Å²) in [5.74, 6) is 0.0998. The highest BCUT2D eigenvalue weighted by Crippen LogP contribution is 2.27. The predicted octanol–water partition coefficient (Wildman–Crippen LogP) is 1.82. The molecule has 0 N–H and O–H groups in total. The van der Waals surface area contributed by atoms with Crippen LogP contribution >= 0.6 is 0 Å². The maximum absolute atomic E-state index is 12.9. The molecule has 9 nitrogen and oxygen atoms in total. The van der Waals surface area contributed by atoms with Gasteiger partial charge in [-0.1, -0.05) is 6.07 Å². The summed E-state index contributed by atoms with van der Waals surface area (Å²) in [7, 11) is -2.75. The molecule has 3 rings (SSSR count). The average Bonchev–Trinajstić information content (AvgIpc) is 2.71. The van der Waals surface area contributed by atoms with Gasteiger partial charge in [0.15, 0.2) is 0 Å². The van der Waals surface area contributed by atoms with Gasteiger partial charge in [-0.25, -0.2) is 4.79 Å². The molecule has 0 bridgehead atoms. The van der Waals surface area contributed by atoms with Crippen LogP contribution in [0.2, 0.25) is 0 Å². The molecule has 0 atom stereocenters. The quantitative estimate of drug-likeness (QED) is 0.695. The lowest BCUT2D eigenvalue weighted by Crippen LogP contribution is -2.48. The van der Waals surface area contributed by atoms with E-state index in [9.17, 15) is 18.0 Å². The number of piperazine rings is 1. The normalized spacial score (nSPS) is 17.8. The van der Waals surface area contributed by atoms with E-state index in [1.165, 1.54) is 11.4 Å². The molecule has 0 aromatic heterocycles. The van der Waals surface area contributed by atoms with Gasteiger partial charge in [0.05, 0.1) is 0 Å². The van der Waals surface area contributed by atoms with Gasteiger partial charge in [0, 0.05) is 58.9 Å². The summed E-state index contributed by atoms with van der Waals surface area (Å²) in [4.78, 5) is 27.9. The molecule has 2 aliphatic rings. The fourth-order valence-corrected chi connectivity index (χ4v) is 4.98. The molecule has 1 aromatic rings. The molecule has 172 valence electrons. The van der Waals surface area contributed by atoms with Crippen molar-refractivity contribution in [3.8, 4) is 0 Å². The standard InChI is InChI=1S/C21H32N4O5S/c1-16(26)23-10-12-24(13-11-23)19-7-6-18-15-25(9-8-17(18)14-19)31(28,29)22(5)20(27)30-21(2,3)4/h6-7,14H,8-13,15H2,1-5H3. The van der Waals surface area contributed by atoms with Crippen molar-refractivity contribution < 1.29 is 22.7 Å². The second-order valence-electron chi connectivity index (χ2n) is 8.99. The Morgan fingerprint density at radius 3 is 2.26 bits per heavy atom. The molecule has 2 amide bonds. The summed E-state index contributed by atoms with van der Waals surface area (Å²) in [6.45, 7) is 10.1. The number of hydrogen-bond donors (Lipinski definition) is 0. The number of fused-ring (bicyclic) bond motifs is 1. The SMILES string of the molecule is CC(=O)N1CCN(c2ccc3c(c2)CCN(S(=O)(=O)N(C)C(=O)OC(C)(C)C)C3)CC1. The maximum atomic E-state index is 12.9. The van der Waals surface area contributed by atoms with Crippen LogP contribution in [0.25, 0.3) is 0 Å². The Morgan fingerprint density at radius 2 is 1.68 bits per heavy atom. The molecule has 10 heteroatoms. The Bertz CT molecular complexity index is 949. The smallest absolute Gasteiger partial charge is 0.424 e. The Hall–Kier alpha value is -2.33. The van der Waals surface area contributed by atoms with Crippen molar-refractivity contribution in [3.63, 3.8) is 0 Å². The monoisotopic (exact) mass is 452 g/mol. The van der Waals surface area contributed by atoms with Crippen molar-refractivity contribution in [2.75, 3.05) is 44.7 Å². The van der Waals surface area contributed by atoms with E-state index in [2.05, 4.69) is 11.0 Å². The lowest BCUT2D eigenvalue weighted by molar-refractivity contribution is -0.129. The molecule has 0 radical (unpaired) electrons. The van der Waals surface area contributed by atoms with E-state index in [-0.39, 0.29) is 12.5 Å². The number of anilines is 1. The first kappa shape index (κ1) is 23.3. The van der Waals surface area contributed by atoms with Crippen molar-refractivity contribution in [2.24, 2.45) is 0 Å².